The minimum absolute atomic E-state index is 0.240. The molecule has 0 bridgehead atoms. The maximum absolute atomic E-state index is 3.85. The molecule has 6 aromatic rings. The largest absolute Gasteiger partial charge is 0.317 e. The normalized spacial score (nSPS) is 19.1. The summed E-state index contributed by atoms with van der Waals surface area (Å²) in [7, 11) is 0. The van der Waals surface area contributed by atoms with E-state index in [2.05, 4.69) is 166 Å². The third-order valence-corrected chi connectivity index (χ3v) is 10.1. The zero-order valence-corrected chi connectivity index (χ0v) is 23.9. The first-order valence-corrected chi connectivity index (χ1v) is 15.1. The minimum Gasteiger partial charge on any atom is -0.317 e. The molecule has 3 aliphatic rings. The number of rotatable bonds is 2. The summed E-state index contributed by atoms with van der Waals surface area (Å²) in [5.74, 6) is 0.626. The van der Waals surface area contributed by atoms with Crippen LogP contribution in [0.25, 0.3) is 38.8 Å². The highest BCUT2D eigenvalue weighted by molar-refractivity contribution is 9.11. The summed E-state index contributed by atoms with van der Waals surface area (Å²) in [4.78, 5) is 0. The Morgan fingerprint density at radius 2 is 1.37 bits per heavy atom. The molecular formula is C39H26BrN. The van der Waals surface area contributed by atoms with E-state index in [9.17, 15) is 0 Å². The molecule has 0 saturated carbocycles. The number of benzene rings is 5. The number of nitrogens with zero attached hydrogens (tertiary/aromatic N) is 1. The summed E-state index contributed by atoms with van der Waals surface area (Å²) in [6.45, 7) is 0. The SMILES string of the molecule is BrC1=CC2C(C=C1)c1ccc(-n3ccc4cc(-c5ccccc5)ccc43)cc1C21c2ccccc2-c2ccccc21. The van der Waals surface area contributed by atoms with Gasteiger partial charge in [-0.15, -0.1) is 0 Å². The van der Waals surface area contributed by atoms with Gasteiger partial charge in [0.15, 0.2) is 0 Å². The maximum atomic E-state index is 3.85. The molecule has 0 amide bonds. The van der Waals surface area contributed by atoms with Crippen molar-refractivity contribution in [3.63, 3.8) is 0 Å². The Balaban J connectivity index is 1.28. The molecule has 9 rings (SSSR count). The van der Waals surface area contributed by atoms with Crippen molar-refractivity contribution in [1.29, 1.82) is 0 Å². The molecule has 194 valence electrons. The molecule has 0 fully saturated rings. The molecule has 3 aliphatic carbocycles. The number of hydrogen-bond acceptors (Lipinski definition) is 0. The van der Waals surface area contributed by atoms with E-state index in [-0.39, 0.29) is 5.41 Å². The van der Waals surface area contributed by atoms with Crippen LogP contribution in [0, 0.1) is 5.92 Å². The average Bonchev–Trinajstić information content (AvgIpc) is 3.67. The average molecular weight is 589 g/mol. The van der Waals surface area contributed by atoms with Crippen LogP contribution >= 0.6 is 15.9 Å². The van der Waals surface area contributed by atoms with E-state index in [1.165, 1.54) is 65.6 Å². The van der Waals surface area contributed by atoms with Crippen LogP contribution in [0.4, 0.5) is 0 Å². The number of fused-ring (bicyclic) bond motifs is 11. The lowest BCUT2D eigenvalue weighted by atomic mass is 9.65. The standard InChI is InChI=1S/C39H26BrN/c40-28-15-17-32-33-18-16-29(41-21-20-27-22-26(14-19-38(27)41)25-8-2-1-3-9-25)24-37(33)39(36(32)23-28)34-12-6-4-10-30(34)31-11-5-7-13-35(31)39/h1-24,32,36H. The maximum Gasteiger partial charge on any atom is 0.0539 e. The summed E-state index contributed by atoms with van der Waals surface area (Å²) in [5.41, 5.74) is 13.1. The molecule has 2 heteroatoms. The van der Waals surface area contributed by atoms with Crippen molar-refractivity contribution < 1.29 is 0 Å². The van der Waals surface area contributed by atoms with Gasteiger partial charge in [0.05, 0.1) is 10.9 Å². The van der Waals surface area contributed by atoms with E-state index in [0.29, 0.717) is 11.8 Å². The van der Waals surface area contributed by atoms with Crippen LogP contribution in [0.15, 0.2) is 150 Å². The predicted octanol–water partition coefficient (Wildman–Crippen LogP) is 10.2. The van der Waals surface area contributed by atoms with E-state index in [4.69, 9.17) is 0 Å². The Labute approximate surface area is 248 Å². The minimum atomic E-state index is -0.240. The third-order valence-electron chi connectivity index (χ3n) is 9.58. The number of hydrogen-bond donors (Lipinski definition) is 0. The molecule has 0 radical (unpaired) electrons. The first-order valence-electron chi connectivity index (χ1n) is 14.3. The highest BCUT2D eigenvalue weighted by Crippen LogP contribution is 2.65. The predicted molar refractivity (Wildman–Crippen MR) is 173 cm³/mol. The lowest BCUT2D eigenvalue weighted by Gasteiger charge is -2.36. The molecule has 1 nitrogen and oxygen atoms in total. The monoisotopic (exact) mass is 587 g/mol. The number of allylic oxidation sites excluding steroid dienone is 4. The van der Waals surface area contributed by atoms with E-state index in [1.807, 2.05) is 0 Å². The van der Waals surface area contributed by atoms with Gasteiger partial charge in [0.1, 0.15) is 0 Å². The fourth-order valence-corrected chi connectivity index (χ4v) is 8.38. The second-order valence-electron chi connectivity index (χ2n) is 11.5. The molecule has 1 spiro atoms. The lowest BCUT2D eigenvalue weighted by molar-refractivity contribution is 0.465. The highest BCUT2D eigenvalue weighted by atomic mass is 79.9. The molecule has 5 aromatic carbocycles. The Morgan fingerprint density at radius 1 is 0.634 bits per heavy atom. The van der Waals surface area contributed by atoms with Gasteiger partial charge in [0.2, 0.25) is 0 Å². The number of aromatic nitrogens is 1. The van der Waals surface area contributed by atoms with Gasteiger partial charge in [-0.05, 0) is 74.8 Å². The van der Waals surface area contributed by atoms with Gasteiger partial charge in [0.25, 0.3) is 0 Å². The molecule has 0 N–H and O–H groups in total. The van der Waals surface area contributed by atoms with Crippen LogP contribution in [-0.4, -0.2) is 4.57 Å². The summed E-state index contributed by atoms with van der Waals surface area (Å²) >= 11 is 3.85. The van der Waals surface area contributed by atoms with Crippen molar-refractivity contribution in [2.75, 3.05) is 0 Å². The van der Waals surface area contributed by atoms with Crippen molar-refractivity contribution in [1.82, 2.24) is 4.57 Å². The van der Waals surface area contributed by atoms with Gasteiger partial charge in [0, 0.05) is 33.6 Å². The van der Waals surface area contributed by atoms with Crippen LogP contribution in [0.1, 0.15) is 28.2 Å². The van der Waals surface area contributed by atoms with Crippen LogP contribution in [0.5, 0.6) is 0 Å². The molecular weight excluding hydrogens is 562 g/mol. The molecule has 2 atom stereocenters. The molecule has 2 unspecified atom stereocenters. The third kappa shape index (κ3) is 3.11. The smallest absolute Gasteiger partial charge is 0.0539 e. The fraction of sp³-hybridized carbons (Fsp3) is 0.0769. The van der Waals surface area contributed by atoms with E-state index in [0.717, 1.165) is 0 Å². The van der Waals surface area contributed by atoms with Crippen LogP contribution in [-0.2, 0) is 5.41 Å². The van der Waals surface area contributed by atoms with E-state index >= 15 is 0 Å². The van der Waals surface area contributed by atoms with Gasteiger partial charge in [-0.2, -0.15) is 0 Å². The van der Waals surface area contributed by atoms with Crippen LogP contribution in [0.2, 0.25) is 0 Å². The summed E-state index contributed by atoms with van der Waals surface area (Å²) in [5, 5.41) is 1.25. The van der Waals surface area contributed by atoms with Crippen molar-refractivity contribution >= 4 is 26.8 Å². The van der Waals surface area contributed by atoms with Crippen molar-refractivity contribution in [3.8, 4) is 27.9 Å². The molecule has 1 aromatic heterocycles. The van der Waals surface area contributed by atoms with E-state index in [1.54, 1.807) is 0 Å². The first kappa shape index (κ1) is 23.3. The summed E-state index contributed by atoms with van der Waals surface area (Å²) in [6, 6.07) is 45.0. The Bertz CT molecular complexity index is 2030. The quantitative estimate of drug-likeness (QED) is 0.190. The summed E-state index contributed by atoms with van der Waals surface area (Å²) < 4.78 is 3.52. The number of halogens is 1. The lowest BCUT2D eigenvalue weighted by Crippen LogP contribution is -2.33. The van der Waals surface area contributed by atoms with Crippen molar-refractivity contribution in [2.45, 2.75) is 11.3 Å². The Hall–Kier alpha value is -4.40. The fourth-order valence-electron chi connectivity index (χ4n) is 7.94. The van der Waals surface area contributed by atoms with E-state index < -0.39 is 0 Å². The van der Waals surface area contributed by atoms with Crippen LogP contribution < -0.4 is 0 Å². The van der Waals surface area contributed by atoms with Crippen molar-refractivity contribution in [3.05, 3.63) is 172 Å². The molecule has 0 aliphatic heterocycles. The Morgan fingerprint density at radius 3 is 2.15 bits per heavy atom. The second-order valence-corrected chi connectivity index (χ2v) is 12.4. The zero-order chi connectivity index (χ0) is 27.1. The van der Waals surface area contributed by atoms with Crippen LogP contribution in [0.3, 0.4) is 0 Å². The Kier molecular flexibility index (Phi) is 4.86. The second kappa shape index (κ2) is 8.55. The van der Waals surface area contributed by atoms with Gasteiger partial charge in [-0.25, -0.2) is 0 Å². The topological polar surface area (TPSA) is 4.93 Å². The van der Waals surface area contributed by atoms with Gasteiger partial charge >= 0.3 is 0 Å². The van der Waals surface area contributed by atoms with Gasteiger partial charge in [-0.1, -0.05) is 125 Å². The van der Waals surface area contributed by atoms with Crippen molar-refractivity contribution in [2.24, 2.45) is 5.92 Å². The van der Waals surface area contributed by atoms with Gasteiger partial charge in [-0.3, -0.25) is 0 Å². The highest BCUT2D eigenvalue weighted by Gasteiger charge is 2.57. The zero-order valence-electron chi connectivity index (χ0n) is 22.3. The molecule has 1 heterocycles. The first-order chi connectivity index (χ1) is 20.2. The van der Waals surface area contributed by atoms with Gasteiger partial charge < -0.3 is 4.57 Å². The molecule has 41 heavy (non-hydrogen) atoms. The summed E-state index contributed by atoms with van der Waals surface area (Å²) in [6.07, 6.45) is 9.32. The molecule has 0 saturated heterocycles.